The van der Waals surface area contributed by atoms with E-state index < -0.39 is 35.8 Å². The number of carboxylic acid groups (broad SMARTS) is 2. The predicted octanol–water partition coefficient (Wildman–Crippen LogP) is 1.80. The highest BCUT2D eigenvalue weighted by Gasteiger charge is 2.40. The van der Waals surface area contributed by atoms with Crippen LogP contribution in [0.5, 0.6) is 0 Å². The monoisotopic (exact) mass is 362 g/mol. The number of carboxylic acids is 2. The molecule has 2 saturated carbocycles. The van der Waals surface area contributed by atoms with Crippen LogP contribution in [0.3, 0.4) is 0 Å². The van der Waals surface area contributed by atoms with Crippen LogP contribution in [0.25, 0.3) is 0 Å². The van der Waals surface area contributed by atoms with Gasteiger partial charge in [-0.25, -0.2) is 4.79 Å². The van der Waals surface area contributed by atoms with E-state index in [1.54, 1.807) is 0 Å². The number of rotatable bonds is 4. The van der Waals surface area contributed by atoms with Crippen molar-refractivity contribution in [2.45, 2.75) is 63.6 Å². The highest BCUT2D eigenvalue weighted by molar-refractivity contribution is 5.89. The first kappa shape index (κ1) is 19.7. The minimum absolute atomic E-state index is 0.0628. The molecule has 0 aromatic carbocycles. The molecule has 7 heteroatoms. The zero-order valence-corrected chi connectivity index (χ0v) is 14.4. The predicted molar refractivity (Wildman–Crippen MR) is 89.5 cm³/mol. The van der Waals surface area contributed by atoms with Crippen molar-refractivity contribution in [3.8, 4) is 23.9 Å². The lowest BCUT2D eigenvalue weighted by atomic mass is 9.78. The number of carbonyl (C=O) groups excluding carboxylic acids is 1. The van der Waals surface area contributed by atoms with Gasteiger partial charge in [-0.1, -0.05) is 6.42 Å². The Morgan fingerprint density at radius 1 is 0.808 bits per heavy atom. The molecule has 0 aliphatic heterocycles. The maximum absolute atomic E-state index is 11.6. The molecule has 0 heterocycles. The highest BCUT2D eigenvalue weighted by atomic mass is 16.5. The van der Waals surface area contributed by atoms with E-state index in [0.717, 1.165) is 25.7 Å². The molecule has 140 valence electrons. The number of hydrogen-bond donors (Lipinski definition) is 2. The summed E-state index contributed by atoms with van der Waals surface area (Å²) in [6, 6.07) is 0. The molecule has 2 aliphatic rings. The Balaban J connectivity index is 1.78. The summed E-state index contributed by atoms with van der Waals surface area (Å²) in [6.45, 7) is 0. The van der Waals surface area contributed by atoms with Gasteiger partial charge in [0.1, 0.15) is 18.3 Å². The second-order valence-corrected chi connectivity index (χ2v) is 6.58. The topological polar surface area (TPSA) is 110 Å². The van der Waals surface area contributed by atoms with Crippen LogP contribution in [0, 0.1) is 35.7 Å². The molecule has 7 nitrogen and oxygen atoms in total. The second kappa shape index (κ2) is 9.72. The van der Waals surface area contributed by atoms with Crippen molar-refractivity contribution in [3.05, 3.63) is 0 Å². The summed E-state index contributed by atoms with van der Waals surface area (Å²) in [5.74, 6) is 2.24. The molecule has 0 amide bonds. The largest absolute Gasteiger partial charge is 0.481 e. The summed E-state index contributed by atoms with van der Waals surface area (Å²) < 4.78 is 10.5. The van der Waals surface area contributed by atoms with Crippen LogP contribution in [0.15, 0.2) is 0 Å². The van der Waals surface area contributed by atoms with Crippen LogP contribution in [-0.2, 0) is 23.9 Å². The lowest BCUT2D eigenvalue weighted by Gasteiger charge is -2.29. The zero-order valence-electron chi connectivity index (χ0n) is 14.4. The standard InChI is InChI=1S/C19H22O7/c20-17(26-13-6-2-1-3-7-13)8-4-5-11-25-14-9-10-15(18(21)22)16(12-14)19(23)24/h13-16H,1-3,6-7,9-10,12H2,(H,21,22)(H,23,24). The van der Waals surface area contributed by atoms with Gasteiger partial charge in [0.05, 0.1) is 11.8 Å². The molecule has 0 aromatic heterocycles. The summed E-state index contributed by atoms with van der Waals surface area (Å²) in [5.41, 5.74) is 0. The molecule has 0 spiro atoms. The molecular formula is C19H22O7. The first-order valence-electron chi connectivity index (χ1n) is 8.80. The fourth-order valence-electron chi connectivity index (χ4n) is 3.39. The lowest BCUT2D eigenvalue weighted by Crippen LogP contribution is -2.37. The maximum atomic E-state index is 11.6. The summed E-state index contributed by atoms with van der Waals surface area (Å²) in [4.78, 5) is 33.9. The van der Waals surface area contributed by atoms with Gasteiger partial charge in [-0.05, 0) is 44.9 Å². The summed E-state index contributed by atoms with van der Waals surface area (Å²) >= 11 is 0. The fourth-order valence-corrected chi connectivity index (χ4v) is 3.39. The number of aliphatic carboxylic acids is 2. The van der Waals surface area contributed by atoms with E-state index in [2.05, 4.69) is 23.9 Å². The third-order valence-corrected chi connectivity index (χ3v) is 4.77. The van der Waals surface area contributed by atoms with E-state index in [0.29, 0.717) is 6.42 Å². The van der Waals surface area contributed by atoms with Gasteiger partial charge in [-0.15, -0.1) is 0 Å². The molecule has 2 aliphatic carbocycles. The lowest BCUT2D eigenvalue weighted by molar-refractivity contribution is -0.157. The molecule has 0 bridgehead atoms. The van der Waals surface area contributed by atoms with Crippen molar-refractivity contribution in [1.82, 2.24) is 0 Å². The van der Waals surface area contributed by atoms with Gasteiger partial charge >= 0.3 is 17.9 Å². The summed E-state index contributed by atoms with van der Waals surface area (Å²) in [7, 11) is 0. The van der Waals surface area contributed by atoms with E-state index in [1.165, 1.54) is 6.42 Å². The first-order chi connectivity index (χ1) is 12.5. The number of ether oxygens (including phenoxy) is 2. The van der Waals surface area contributed by atoms with Crippen LogP contribution in [0.1, 0.15) is 51.4 Å². The Labute approximate surface area is 152 Å². The molecule has 2 fully saturated rings. The van der Waals surface area contributed by atoms with Crippen molar-refractivity contribution in [2.24, 2.45) is 11.8 Å². The van der Waals surface area contributed by atoms with Gasteiger partial charge in [0.25, 0.3) is 0 Å². The van der Waals surface area contributed by atoms with E-state index in [1.807, 2.05) is 0 Å². The molecule has 3 atom stereocenters. The first-order valence-corrected chi connectivity index (χ1v) is 8.80. The van der Waals surface area contributed by atoms with Crippen molar-refractivity contribution in [3.63, 3.8) is 0 Å². The van der Waals surface area contributed by atoms with Crippen molar-refractivity contribution in [1.29, 1.82) is 0 Å². The molecule has 0 radical (unpaired) electrons. The van der Waals surface area contributed by atoms with Crippen molar-refractivity contribution < 1.29 is 34.1 Å². The zero-order chi connectivity index (χ0) is 18.9. The molecule has 2 rings (SSSR count). The van der Waals surface area contributed by atoms with Crippen LogP contribution in [0.4, 0.5) is 0 Å². The summed E-state index contributed by atoms with van der Waals surface area (Å²) in [6.07, 6.45) is 7.54. The Morgan fingerprint density at radius 2 is 1.50 bits per heavy atom. The number of hydrogen-bond acceptors (Lipinski definition) is 5. The van der Waals surface area contributed by atoms with Gasteiger partial charge in [-0.3, -0.25) is 9.59 Å². The van der Waals surface area contributed by atoms with Crippen molar-refractivity contribution >= 4 is 17.9 Å². The van der Waals surface area contributed by atoms with Gasteiger partial charge in [0, 0.05) is 17.8 Å². The fraction of sp³-hybridized carbons (Fsp3) is 0.632. The Hall–Kier alpha value is -2.67. The molecular weight excluding hydrogens is 340 g/mol. The van der Waals surface area contributed by atoms with Crippen molar-refractivity contribution in [2.75, 3.05) is 0 Å². The van der Waals surface area contributed by atoms with E-state index in [4.69, 9.17) is 19.7 Å². The smallest absolute Gasteiger partial charge is 0.385 e. The van der Waals surface area contributed by atoms with E-state index in [-0.39, 0.29) is 18.9 Å². The summed E-state index contributed by atoms with van der Waals surface area (Å²) in [5, 5.41) is 18.2. The molecule has 3 unspecified atom stereocenters. The number of carbonyl (C=O) groups is 3. The minimum Gasteiger partial charge on any atom is -0.481 e. The number of esters is 1. The van der Waals surface area contributed by atoms with Gasteiger partial charge in [-0.2, -0.15) is 0 Å². The van der Waals surface area contributed by atoms with Gasteiger partial charge < -0.3 is 19.7 Å². The molecule has 0 saturated heterocycles. The minimum atomic E-state index is -1.15. The van der Waals surface area contributed by atoms with Crippen LogP contribution in [0.2, 0.25) is 0 Å². The Bertz CT molecular complexity index is 655. The third kappa shape index (κ3) is 6.00. The quantitative estimate of drug-likeness (QED) is 0.446. The highest BCUT2D eigenvalue weighted by Crippen LogP contribution is 2.32. The SMILES string of the molecule is O=C(C#CC#COC1CCC(C(=O)O)C(C(=O)O)C1)OC1CCCCC1. The van der Waals surface area contributed by atoms with Crippen LogP contribution in [-0.4, -0.2) is 40.3 Å². The Kier molecular flexibility index (Phi) is 7.35. The average molecular weight is 362 g/mol. The normalized spacial score (nSPS) is 25.6. The molecule has 26 heavy (non-hydrogen) atoms. The molecule has 2 N–H and O–H groups in total. The van der Waals surface area contributed by atoms with Crippen LogP contribution >= 0.6 is 0 Å². The third-order valence-electron chi connectivity index (χ3n) is 4.77. The van der Waals surface area contributed by atoms with Gasteiger partial charge in [0.15, 0.2) is 0 Å². The van der Waals surface area contributed by atoms with Crippen LogP contribution < -0.4 is 0 Å². The second-order valence-electron chi connectivity index (χ2n) is 6.58. The average Bonchev–Trinajstić information content (AvgIpc) is 2.62. The molecule has 0 aromatic rings. The van der Waals surface area contributed by atoms with E-state index >= 15 is 0 Å². The van der Waals surface area contributed by atoms with Gasteiger partial charge in [0.2, 0.25) is 0 Å². The maximum Gasteiger partial charge on any atom is 0.385 e. The Morgan fingerprint density at radius 3 is 2.15 bits per heavy atom. The van der Waals surface area contributed by atoms with E-state index in [9.17, 15) is 14.4 Å².